The van der Waals surface area contributed by atoms with Crippen molar-refractivity contribution in [3.8, 4) is 0 Å². The van der Waals surface area contributed by atoms with Crippen LogP contribution in [-0.4, -0.2) is 23.5 Å². The highest BCUT2D eigenvalue weighted by molar-refractivity contribution is 7.08. The topological polar surface area (TPSA) is 66.4 Å². The normalized spacial score (nSPS) is 11.1. The van der Waals surface area contributed by atoms with E-state index >= 15 is 0 Å². The van der Waals surface area contributed by atoms with Crippen molar-refractivity contribution in [3.05, 3.63) is 22.4 Å². The summed E-state index contributed by atoms with van der Waals surface area (Å²) in [4.78, 5) is 22.2. The fourth-order valence-corrected chi connectivity index (χ4v) is 1.51. The zero-order valence-electron chi connectivity index (χ0n) is 8.61. The quantitative estimate of drug-likeness (QED) is 0.820. The third-order valence-electron chi connectivity index (χ3n) is 2.05. The predicted molar refractivity (Wildman–Crippen MR) is 58.1 cm³/mol. The van der Waals surface area contributed by atoms with E-state index in [4.69, 9.17) is 5.11 Å². The highest BCUT2D eigenvalue weighted by Gasteiger charge is 2.27. The monoisotopic (exact) mass is 227 g/mol. The van der Waals surface area contributed by atoms with Crippen molar-refractivity contribution in [1.29, 1.82) is 0 Å². The highest BCUT2D eigenvalue weighted by atomic mass is 32.1. The smallest absolute Gasteiger partial charge is 0.310 e. The molecule has 0 bridgehead atoms. The molecule has 2 N–H and O–H groups in total. The Morgan fingerprint density at radius 2 is 2.20 bits per heavy atom. The van der Waals surface area contributed by atoms with Crippen LogP contribution in [0.4, 0.5) is 0 Å². The Labute approximate surface area is 91.9 Å². The number of aliphatic carboxylic acids is 1. The molecule has 1 rings (SSSR count). The van der Waals surface area contributed by atoms with Crippen LogP contribution < -0.4 is 5.32 Å². The van der Waals surface area contributed by atoms with E-state index in [1.165, 1.54) is 11.3 Å². The lowest BCUT2D eigenvalue weighted by Crippen LogP contribution is -2.38. The molecule has 0 aromatic carbocycles. The van der Waals surface area contributed by atoms with E-state index in [9.17, 15) is 9.59 Å². The number of amides is 1. The third kappa shape index (κ3) is 3.06. The van der Waals surface area contributed by atoms with Gasteiger partial charge in [-0.1, -0.05) is 0 Å². The average molecular weight is 227 g/mol. The summed E-state index contributed by atoms with van der Waals surface area (Å²) in [6, 6.07) is 1.70. The fourth-order valence-electron chi connectivity index (χ4n) is 0.873. The van der Waals surface area contributed by atoms with Crippen LogP contribution in [0.15, 0.2) is 16.8 Å². The summed E-state index contributed by atoms with van der Waals surface area (Å²) in [5.74, 6) is -1.15. The second-order valence-electron chi connectivity index (χ2n) is 3.88. The Morgan fingerprint density at radius 1 is 1.53 bits per heavy atom. The summed E-state index contributed by atoms with van der Waals surface area (Å²) in [7, 11) is 0. The Morgan fingerprint density at radius 3 is 2.67 bits per heavy atom. The largest absolute Gasteiger partial charge is 0.481 e. The summed E-state index contributed by atoms with van der Waals surface area (Å²) in [5, 5.41) is 15.0. The molecule has 0 unspecified atom stereocenters. The number of hydrogen-bond acceptors (Lipinski definition) is 3. The number of carbonyl (C=O) groups is 2. The molecule has 1 aromatic rings. The predicted octanol–water partition coefficient (Wildman–Crippen LogP) is 1.59. The fraction of sp³-hybridized carbons (Fsp3) is 0.400. The molecule has 15 heavy (non-hydrogen) atoms. The highest BCUT2D eigenvalue weighted by Crippen LogP contribution is 2.14. The molecule has 0 spiro atoms. The van der Waals surface area contributed by atoms with Gasteiger partial charge < -0.3 is 10.4 Å². The SMILES string of the molecule is CC(C)(CNC(=O)c1ccsc1)C(=O)O. The van der Waals surface area contributed by atoms with Crippen molar-refractivity contribution in [2.45, 2.75) is 13.8 Å². The van der Waals surface area contributed by atoms with Gasteiger partial charge in [0.15, 0.2) is 0 Å². The van der Waals surface area contributed by atoms with Gasteiger partial charge in [0.1, 0.15) is 0 Å². The van der Waals surface area contributed by atoms with Crippen molar-refractivity contribution >= 4 is 23.2 Å². The molecule has 0 aliphatic rings. The van der Waals surface area contributed by atoms with Gasteiger partial charge in [-0.05, 0) is 25.3 Å². The van der Waals surface area contributed by atoms with Gasteiger partial charge in [0.05, 0.1) is 5.41 Å². The molecule has 0 fully saturated rings. The van der Waals surface area contributed by atoms with Gasteiger partial charge in [-0.2, -0.15) is 11.3 Å². The van der Waals surface area contributed by atoms with Crippen LogP contribution in [0, 0.1) is 5.41 Å². The van der Waals surface area contributed by atoms with E-state index in [1.54, 1.807) is 30.7 Å². The average Bonchev–Trinajstić information content (AvgIpc) is 2.66. The van der Waals surface area contributed by atoms with E-state index in [0.717, 1.165) is 0 Å². The summed E-state index contributed by atoms with van der Waals surface area (Å²) in [6.45, 7) is 3.27. The lowest BCUT2D eigenvalue weighted by Gasteiger charge is -2.19. The third-order valence-corrected chi connectivity index (χ3v) is 2.74. The van der Waals surface area contributed by atoms with Crippen LogP contribution >= 0.6 is 11.3 Å². The maximum absolute atomic E-state index is 11.5. The Balaban J connectivity index is 2.51. The van der Waals surface area contributed by atoms with Crippen LogP contribution in [-0.2, 0) is 4.79 Å². The Hall–Kier alpha value is -1.36. The maximum Gasteiger partial charge on any atom is 0.310 e. The van der Waals surface area contributed by atoms with Crippen molar-refractivity contribution in [1.82, 2.24) is 5.32 Å². The first-order valence-corrected chi connectivity index (χ1v) is 5.41. The molecule has 4 nitrogen and oxygen atoms in total. The van der Waals surface area contributed by atoms with Gasteiger partial charge in [0, 0.05) is 17.5 Å². The van der Waals surface area contributed by atoms with Crippen LogP contribution in [0.5, 0.6) is 0 Å². The minimum absolute atomic E-state index is 0.122. The van der Waals surface area contributed by atoms with E-state index in [2.05, 4.69) is 5.32 Å². The number of rotatable bonds is 4. The van der Waals surface area contributed by atoms with Crippen molar-refractivity contribution < 1.29 is 14.7 Å². The second-order valence-corrected chi connectivity index (χ2v) is 4.66. The molecule has 1 amide bonds. The summed E-state index contributed by atoms with van der Waals surface area (Å²) >= 11 is 1.43. The summed E-state index contributed by atoms with van der Waals surface area (Å²) < 4.78 is 0. The summed E-state index contributed by atoms with van der Waals surface area (Å²) in [5.41, 5.74) is -0.368. The minimum atomic E-state index is -0.939. The number of thiophene rings is 1. The molecule has 0 aliphatic carbocycles. The van der Waals surface area contributed by atoms with Gasteiger partial charge >= 0.3 is 5.97 Å². The molecule has 0 radical (unpaired) electrons. The number of hydrogen-bond donors (Lipinski definition) is 2. The molecule has 0 saturated heterocycles. The second kappa shape index (κ2) is 4.44. The van der Waals surface area contributed by atoms with Gasteiger partial charge in [0.2, 0.25) is 0 Å². The van der Waals surface area contributed by atoms with E-state index < -0.39 is 11.4 Å². The molecular formula is C10H13NO3S. The van der Waals surface area contributed by atoms with Crippen molar-refractivity contribution in [3.63, 3.8) is 0 Å². The van der Waals surface area contributed by atoms with Gasteiger partial charge in [-0.25, -0.2) is 0 Å². The molecular weight excluding hydrogens is 214 g/mol. The molecule has 82 valence electrons. The van der Waals surface area contributed by atoms with Gasteiger partial charge in [0.25, 0.3) is 5.91 Å². The molecule has 1 aromatic heterocycles. The first-order chi connectivity index (χ1) is 6.93. The van der Waals surface area contributed by atoms with Crippen LogP contribution in [0.3, 0.4) is 0 Å². The maximum atomic E-state index is 11.5. The molecule has 0 aliphatic heterocycles. The minimum Gasteiger partial charge on any atom is -0.481 e. The summed E-state index contributed by atoms with van der Waals surface area (Å²) in [6.07, 6.45) is 0. The van der Waals surface area contributed by atoms with Crippen LogP contribution in [0.2, 0.25) is 0 Å². The zero-order chi connectivity index (χ0) is 11.5. The van der Waals surface area contributed by atoms with E-state index in [1.807, 2.05) is 0 Å². The van der Waals surface area contributed by atoms with Crippen LogP contribution in [0.1, 0.15) is 24.2 Å². The Kier molecular flexibility index (Phi) is 3.47. The number of carboxylic acid groups (broad SMARTS) is 1. The van der Waals surface area contributed by atoms with Gasteiger partial charge in [-0.3, -0.25) is 9.59 Å². The standard InChI is InChI=1S/C10H13NO3S/c1-10(2,9(13)14)6-11-8(12)7-3-4-15-5-7/h3-5H,6H2,1-2H3,(H,11,12)(H,13,14). The van der Waals surface area contributed by atoms with Gasteiger partial charge in [-0.15, -0.1) is 0 Å². The first kappa shape index (κ1) is 11.7. The number of carboxylic acids is 1. The number of carbonyl (C=O) groups excluding carboxylic acids is 1. The van der Waals surface area contributed by atoms with Crippen molar-refractivity contribution in [2.75, 3.05) is 6.54 Å². The Bertz CT molecular complexity index is 357. The number of nitrogens with one attached hydrogen (secondary N) is 1. The lowest BCUT2D eigenvalue weighted by molar-refractivity contribution is -0.146. The van der Waals surface area contributed by atoms with E-state index in [-0.39, 0.29) is 12.5 Å². The molecule has 5 heteroatoms. The molecule has 0 atom stereocenters. The van der Waals surface area contributed by atoms with Crippen LogP contribution in [0.25, 0.3) is 0 Å². The van der Waals surface area contributed by atoms with E-state index in [0.29, 0.717) is 5.56 Å². The first-order valence-electron chi connectivity index (χ1n) is 4.47. The molecule has 1 heterocycles. The lowest BCUT2D eigenvalue weighted by atomic mass is 9.94. The zero-order valence-corrected chi connectivity index (χ0v) is 9.43. The van der Waals surface area contributed by atoms with Crippen molar-refractivity contribution in [2.24, 2.45) is 5.41 Å². The molecule has 0 saturated carbocycles.